The second-order valence-corrected chi connectivity index (χ2v) is 5.36. The van der Waals surface area contributed by atoms with Gasteiger partial charge in [-0.15, -0.1) is 0 Å². The molecule has 1 aliphatic carbocycles. The van der Waals surface area contributed by atoms with E-state index in [1.54, 1.807) is 12.3 Å². The van der Waals surface area contributed by atoms with Crippen LogP contribution in [0.3, 0.4) is 0 Å². The van der Waals surface area contributed by atoms with E-state index in [1.165, 1.54) is 0 Å². The summed E-state index contributed by atoms with van der Waals surface area (Å²) < 4.78 is 0. The molecule has 0 bridgehead atoms. The molecule has 1 fully saturated rings. The summed E-state index contributed by atoms with van der Waals surface area (Å²) in [5.41, 5.74) is 1.53. The highest BCUT2D eigenvalue weighted by atomic mass is 16.3. The van der Waals surface area contributed by atoms with Crippen LogP contribution in [-0.4, -0.2) is 28.6 Å². The summed E-state index contributed by atoms with van der Waals surface area (Å²) in [6.45, 7) is 0.145. The van der Waals surface area contributed by atoms with Crippen molar-refractivity contribution in [2.24, 2.45) is 5.92 Å². The number of aromatic nitrogens is 1. The molecule has 2 N–H and O–H groups in total. The molecule has 104 valence electrons. The Bertz CT molecular complexity index is 627. The number of fused-ring (bicyclic) bond motifs is 1. The largest absolute Gasteiger partial charge is 0.396 e. The van der Waals surface area contributed by atoms with Gasteiger partial charge in [0.1, 0.15) is 0 Å². The van der Waals surface area contributed by atoms with E-state index in [0.717, 1.165) is 30.2 Å². The van der Waals surface area contributed by atoms with Gasteiger partial charge in [-0.05, 0) is 37.1 Å². The zero-order valence-electron chi connectivity index (χ0n) is 11.2. The normalized spacial score (nSPS) is 22.1. The third-order valence-corrected chi connectivity index (χ3v) is 4.08. The molecule has 1 aromatic carbocycles. The number of nitrogens with zero attached hydrogens (tertiary/aromatic N) is 1. The predicted octanol–water partition coefficient (Wildman–Crippen LogP) is 2.13. The molecule has 1 heterocycles. The molecule has 20 heavy (non-hydrogen) atoms. The van der Waals surface area contributed by atoms with Gasteiger partial charge >= 0.3 is 0 Å². The van der Waals surface area contributed by atoms with Crippen molar-refractivity contribution in [3.63, 3.8) is 0 Å². The van der Waals surface area contributed by atoms with Gasteiger partial charge in [0.25, 0.3) is 5.91 Å². The fourth-order valence-corrected chi connectivity index (χ4v) is 2.91. The maximum atomic E-state index is 12.3. The molecule has 0 saturated heterocycles. The number of aliphatic hydroxyl groups excluding tert-OH is 1. The van der Waals surface area contributed by atoms with Crippen LogP contribution < -0.4 is 5.32 Å². The SMILES string of the molecule is O=C(NC1CCCC1CO)c1ccc2ncccc2c1. The number of hydrogen-bond donors (Lipinski definition) is 2. The number of rotatable bonds is 3. The Labute approximate surface area is 117 Å². The summed E-state index contributed by atoms with van der Waals surface area (Å²) in [5.74, 6) is 0.127. The highest BCUT2D eigenvalue weighted by molar-refractivity contribution is 5.98. The average molecular weight is 270 g/mol. The lowest BCUT2D eigenvalue weighted by atomic mass is 10.0. The fraction of sp³-hybridized carbons (Fsp3) is 0.375. The molecule has 0 radical (unpaired) electrons. The lowest BCUT2D eigenvalue weighted by molar-refractivity contribution is 0.0916. The topological polar surface area (TPSA) is 62.2 Å². The highest BCUT2D eigenvalue weighted by Gasteiger charge is 2.28. The fourth-order valence-electron chi connectivity index (χ4n) is 2.91. The number of hydrogen-bond acceptors (Lipinski definition) is 3. The van der Waals surface area contributed by atoms with Crippen LogP contribution in [0.2, 0.25) is 0 Å². The maximum absolute atomic E-state index is 12.3. The third kappa shape index (κ3) is 2.51. The molecule has 1 aromatic heterocycles. The number of nitrogens with one attached hydrogen (secondary N) is 1. The molecule has 0 spiro atoms. The molecule has 1 aliphatic rings. The van der Waals surface area contributed by atoms with Crippen molar-refractivity contribution < 1.29 is 9.90 Å². The zero-order valence-corrected chi connectivity index (χ0v) is 11.2. The first-order valence-electron chi connectivity index (χ1n) is 7.04. The predicted molar refractivity (Wildman–Crippen MR) is 77.4 cm³/mol. The Morgan fingerprint density at radius 2 is 2.25 bits per heavy atom. The summed E-state index contributed by atoms with van der Waals surface area (Å²) >= 11 is 0. The number of carbonyl (C=O) groups is 1. The Morgan fingerprint density at radius 1 is 1.35 bits per heavy atom. The summed E-state index contributed by atoms with van der Waals surface area (Å²) in [5, 5.41) is 13.3. The first kappa shape index (κ1) is 13.1. The van der Waals surface area contributed by atoms with Crippen LogP contribution in [0.15, 0.2) is 36.5 Å². The van der Waals surface area contributed by atoms with Crippen molar-refractivity contribution in [2.45, 2.75) is 25.3 Å². The molecule has 0 aliphatic heterocycles. The van der Waals surface area contributed by atoms with Gasteiger partial charge in [-0.2, -0.15) is 0 Å². The first-order valence-corrected chi connectivity index (χ1v) is 7.04. The molecule has 1 amide bonds. The van der Waals surface area contributed by atoms with E-state index >= 15 is 0 Å². The molecule has 2 atom stereocenters. The van der Waals surface area contributed by atoms with Crippen LogP contribution in [0.5, 0.6) is 0 Å². The minimum atomic E-state index is -0.0684. The van der Waals surface area contributed by atoms with Crippen molar-refractivity contribution in [3.8, 4) is 0 Å². The quantitative estimate of drug-likeness (QED) is 0.898. The molecule has 4 heteroatoms. The van der Waals surface area contributed by atoms with Crippen molar-refractivity contribution in [1.29, 1.82) is 0 Å². The minimum absolute atomic E-state index is 0.0684. The van der Waals surface area contributed by atoms with Crippen LogP contribution in [0.1, 0.15) is 29.6 Å². The van der Waals surface area contributed by atoms with Crippen molar-refractivity contribution in [3.05, 3.63) is 42.1 Å². The maximum Gasteiger partial charge on any atom is 0.251 e. The van der Waals surface area contributed by atoms with Gasteiger partial charge in [0.05, 0.1) is 5.52 Å². The van der Waals surface area contributed by atoms with Crippen molar-refractivity contribution in [1.82, 2.24) is 10.3 Å². The molecule has 2 unspecified atom stereocenters. The van der Waals surface area contributed by atoms with Crippen LogP contribution >= 0.6 is 0 Å². The van der Waals surface area contributed by atoms with Gasteiger partial charge < -0.3 is 10.4 Å². The number of benzene rings is 1. The summed E-state index contributed by atoms with van der Waals surface area (Å²) in [6.07, 6.45) is 4.75. The Morgan fingerprint density at radius 3 is 3.10 bits per heavy atom. The Hall–Kier alpha value is -1.94. The van der Waals surface area contributed by atoms with E-state index in [0.29, 0.717) is 5.56 Å². The van der Waals surface area contributed by atoms with Crippen LogP contribution in [0.4, 0.5) is 0 Å². The van der Waals surface area contributed by atoms with Gasteiger partial charge in [-0.25, -0.2) is 0 Å². The number of carbonyl (C=O) groups excluding carboxylic acids is 1. The number of pyridine rings is 1. The molecule has 3 rings (SSSR count). The van der Waals surface area contributed by atoms with E-state index < -0.39 is 0 Å². The van der Waals surface area contributed by atoms with Gasteiger partial charge in [-0.1, -0.05) is 12.5 Å². The average Bonchev–Trinajstić information content (AvgIpc) is 2.94. The van der Waals surface area contributed by atoms with Gasteiger partial charge in [-0.3, -0.25) is 9.78 Å². The Balaban J connectivity index is 1.78. The first-order chi connectivity index (χ1) is 9.78. The van der Waals surface area contributed by atoms with Gasteiger partial charge in [0, 0.05) is 35.7 Å². The van der Waals surface area contributed by atoms with E-state index in [2.05, 4.69) is 10.3 Å². The zero-order chi connectivity index (χ0) is 13.9. The molecule has 1 saturated carbocycles. The van der Waals surface area contributed by atoms with E-state index in [9.17, 15) is 9.90 Å². The molecule has 4 nitrogen and oxygen atoms in total. The summed E-state index contributed by atoms with van der Waals surface area (Å²) in [6, 6.07) is 9.43. The summed E-state index contributed by atoms with van der Waals surface area (Å²) in [7, 11) is 0. The van der Waals surface area contributed by atoms with Crippen molar-refractivity contribution >= 4 is 16.8 Å². The smallest absolute Gasteiger partial charge is 0.251 e. The molecular formula is C16H18N2O2. The van der Waals surface area contributed by atoms with Crippen LogP contribution in [-0.2, 0) is 0 Å². The van der Waals surface area contributed by atoms with E-state index in [4.69, 9.17) is 0 Å². The molecule has 2 aromatic rings. The minimum Gasteiger partial charge on any atom is -0.396 e. The molecular weight excluding hydrogens is 252 g/mol. The monoisotopic (exact) mass is 270 g/mol. The lowest BCUT2D eigenvalue weighted by Crippen LogP contribution is -2.38. The van der Waals surface area contributed by atoms with Crippen LogP contribution in [0.25, 0.3) is 10.9 Å². The summed E-state index contributed by atoms with van der Waals surface area (Å²) in [4.78, 5) is 16.5. The van der Waals surface area contributed by atoms with Gasteiger partial charge in [0.15, 0.2) is 0 Å². The van der Waals surface area contributed by atoms with Gasteiger partial charge in [0.2, 0.25) is 0 Å². The van der Waals surface area contributed by atoms with Crippen molar-refractivity contribution in [2.75, 3.05) is 6.61 Å². The number of aliphatic hydroxyl groups is 1. The Kier molecular flexibility index (Phi) is 3.65. The third-order valence-electron chi connectivity index (χ3n) is 4.08. The van der Waals surface area contributed by atoms with E-state index in [1.807, 2.05) is 24.3 Å². The van der Waals surface area contributed by atoms with E-state index in [-0.39, 0.29) is 24.5 Å². The van der Waals surface area contributed by atoms with Crippen LogP contribution in [0, 0.1) is 5.92 Å². The highest BCUT2D eigenvalue weighted by Crippen LogP contribution is 2.25. The lowest BCUT2D eigenvalue weighted by Gasteiger charge is -2.19. The number of amides is 1. The second kappa shape index (κ2) is 5.59. The standard InChI is InChI=1S/C16H18N2O2/c19-10-13-3-1-5-15(13)18-16(20)12-6-7-14-11(9-12)4-2-8-17-14/h2,4,6-9,13,15,19H,1,3,5,10H2,(H,18,20). The second-order valence-electron chi connectivity index (χ2n) is 5.36.